The standard InChI is InChI=1S/C27H47FO3/c1-16(12-17(2)28)20-8-9-21-25-22(15-24(31-7)27(20,21)4)26(3)11-10-19(29-5)13-18(26)14-23(25)30-6/h16-25H,8-15H2,1-7H3/t16-,17?,18+,19-,20-,21?,22+,23-,24+,25+,26+,27-/m1/s1. The minimum Gasteiger partial charge on any atom is -0.381 e. The van der Waals surface area contributed by atoms with Gasteiger partial charge in [-0.1, -0.05) is 20.8 Å². The predicted molar refractivity (Wildman–Crippen MR) is 123 cm³/mol. The van der Waals surface area contributed by atoms with Crippen LogP contribution in [0.25, 0.3) is 0 Å². The Morgan fingerprint density at radius 1 is 0.903 bits per heavy atom. The van der Waals surface area contributed by atoms with E-state index in [-0.39, 0.29) is 11.5 Å². The van der Waals surface area contributed by atoms with Crippen molar-refractivity contribution in [3.8, 4) is 0 Å². The molecule has 4 rings (SSSR count). The van der Waals surface area contributed by atoms with Crippen molar-refractivity contribution in [1.29, 1.82) is 0 Å². The van der Waals surface area contributed by atoms with Crippen LogP contribution in [0.3, 0.4) is 0 Å². The lowest BCUT2D eigenvalue weighted by Crippen LogP contribution is -2.63. The second-order valence-corrected chi connectivity index (χ2v) is 12.1. The Morgan fingerprint density at radius 2 is 1.65 bits per heavy atom. The van der Waals surface area contributed by atoms with E-state index < -0.39 is 6.17 Å². The summed E-state index contributed by atoms with van der Waals surface area (Å²) in [6, 6.07) is 0. The number of ether oxygens (including phenoxy) is 3. The third-order valence-electron chi connectivity index (χ3n) is 11.1. The molecule has 4 fully saturated rings. The summed E-state index contributed by atoms with van der Waals surface area (Å²) in [6.45, 7) is 9.06. The minimum absolute atomic E-state index is 0.119. The van der Waals surface area contributed by atoms with Crippen LogP contribution in [-0.4, -0.2) is 45.8 Å². The fourth-order valence-corrected chi connectivity index (χ4v) is 9.55. The quantitative estimate of drug-likeness (QED) is 0.487. The number of alkyl halides is 1. The van der Waals surface area contributed by atoms with Gasteiger partial charge in [0, 0.05) is 26.7 Å². The molecular weight excluding hydrogens is 391 g/mol. The average Bonchev–Trinajstić information content (AvgIpc) is 3.09. The first-order valence-electron chi connectivity index (χ1n) is 12.9. The molecule has 0 aromatic rings. The van der Waals surface area contributed by atoms with E-state index in [1.165, 1.54) is 38.5 Å². The summed E-state index contributed by atoms with van der Waals surface area (Å²) in [5.74, 6) is 3.46. The van der Waals surface area contributed by atoms with Gasteiger partial charge in [-0.3, -0.25) is 0 Å². The first-order valence-corrected chi connectivity index (χ1v) is 12.9. The maximum Gasteiger partial charge on any atom is 0.0976 e. The summed E-state index contributed by atoms with van der Waals surface area (Å²) in [6.07, 6.45) is 9.29. The van der Waals surface area contributed by atoms with Crippen molar-refractivity contribution in [3.63, 3.8) is 0 Å². The molecule has 0 spiro atoms. The van der Waals surface area contributed by atoms with Gasteiger partial charge in [0.25, 0.3) is 0 Å². The van der Waals surface area contributed by atoms with E-state index in [0.29, 0.717) is 59.6 Å². The van der Waals surface area contributed by atoms with Gasteiger partial charge in [-0.25, -0.2) is 4.39 Å². The molecule has 0 aromatic carbocycles. The molecule has 2 unspecified atom stereocenters. The number of fused-ring (bicyclic) bond motifs is 5. The number of halogens is 1. The second-order valence-electron chi connectivity index (χ2n) is 12.1. The van der Waals surface area contributed by atoms with E-state index in [1.807, 2.05) is 21.3 Å². The normalized spacial score (nSPS) is 51.5. The van der Waals surface area contributed by atoms with Crippen molar-refractivity contribution in [2.75, 3.05) is 21.3 Å². The van der Waals surface area contributed by atoms with Crippen LogP contribution in [0, 0.1) is 46.3 Å². The molecule has 0 heterocycles. The highest BCUT2D eigenvalue weighted by Gasteiger charge is 2.66. The molecular formula is C27H47FO3. The molecule has 31 heavy (non-hydrogen) atoms. The molecule has 0 bridgehead atoms. The van der Waals surface area contributed by atoms with Crippen LogP contribution < -0.4 is 0 Å². The van der Waals surface area contributed by atoms with E-state index in [0.717, 1.165) is 6.42 Å². The van der Waals surface area contributed by atoms with E-state index in [9.17, 15) is 4.39 Å². The Balaban J connectivity index is 1.68. The highest BCUT2D eigenvalue weighted by Crippen LogP contribution is 2.69. The monoisotopic (exact) mass is 438 g/mol. The predicted octanol–water partition coefficient (Wildman–Crippen LogP) is 6.29. The van der Waals surface area contributed by atoms with Crippen LogP contribution in [0.1, 0.15) is 79.1 Å². The number of methoxy groups -OCH3 is 3. The lowest BCUT2D eigenvalue weighted by atomic mass is 9.43. The number of hydrogen-bond acceptors (Lipinski definition) is 3. The molecule has 12 atom stereocenters. The number of rotatable bonds is 6. The topological polar surface area (TPSA) is 27.7 Å². The van der Waals surface area contributed by atoms with Gasteiger partial charge < -0.3 is 14.2 Å². The highest BCUT2D eigenvalue weighted by molar-refractivity contribution is 5.15. The fraction of sp³-hybridized carbons (Fsp3) is 1.00. The van der Waals surface area contributed by atoms with Gasteiger partial charge in [0.2, 0.25) is 0 Å². The van der Waals surface area contributed by atoms with Crippen LogP contribution in [-0.2, 0) is 14.2 Å². The molecule has 180 valence electrons. The molecule has 0 N–H and O–H groups in total. The molecule has 4 aliphatic carbocycles. The summed E-state index contributed by atoms with van der Waals surface area (Å²) in [7, 11) is 5.72. The Labute approximate surface area is 190 Å². The Morgan fingerprint density at radius 3 is 2.26 bits per heavy atom. The van der Waals surface area contributed by atoms with Gasteiger partial charge in [-0.15, -0.1) is 0 Å². The Kier molecular flexibility index (Phi) is 6.85. The molecule has 3 nitrogen and oxygen atoms in total. The van der Waals surface area contributed by atoms with E-state index in [1.54, 1.807) is 6.92 Å². The zero-order valence-corrected chi connectivity index (χ0v) is 21.0. The van der Waals surface area contributed by atoms with Crippen LogP contribution >= 0.6 is 0 Å². The maximum atomic E-state index is 14.0. The minimum atomic E-state index is -0.730. The Bertz CT molecular complexity index is 626. The fourth-order valence-electron chi connectivity index (χ4n) is 9.55. The second kappa shape index (κ2) is 8.87. The van der Waals surface area contributed by atoms with Crippen LogP contribution in [0.15, 0.2) is 0 Å². The van der Waals surface area contributed by atoms with Crippen LogP contribution in [0.5, 0.6) is 0 Å². The van der Waals surface area contributed by atoms with Crippen molar-refractivity contribution in [3.05, 3.63) is 0 Å². The van der Waals surface area contributed by atoms with Crippen molar-refractivity contribution in [2.24, 2.45) is 46.3 Å². The van der Waals surface area contributed by atoms with Gasteiger partial charge >= 0.3 is 0 Å². The van der Waals surface area contributed by atoms with Crippen molar-refractivity contribution < 1.29 is 18.6 Å². The van der Waals surface area contributed by atoms with E-state index >= 15 is 0 Å². The number of hydrogen-bond donors (Lipinski definition) is 0. The lowest BCUT2D eigenvalue weighted by Gasteiger charge is -2.64. The first kappa shape index (κ1) is 24.0. The smallest absolute Gasteiger partial charge is 0.0976 e. The molecule has 4 saturated carbocycles. The van der Waals surface area contributed by atoms with Crippen LogP contribution in [0.4, 0.5) is 4.39 Å². The van der Waals surface area contributed by atoms with Gasteiger partial charge in [0.1, 0.15) is 0 Å². The highest BCUT2D eigenvalue weighted by atomic mass is 19.1. The Hall–Kier alpha value is -0.190. The van der Waals surface area contributed by atoms with Crippen LogP contribution in [0.2, 0.25) is 0 Å². The zero-order valence-electron chi connectivity index (χ0n) is 21.0. The van der Waals surface area contributed by atoms with Gasteiger partial charge in [-0.05, 0) is 99.2 Å². The SMILES string of the molecule is CO[C@@H]1CC[C@@]2(C)[C@@H](C1)C[C@@H](OC)[C@H]1C3CC[C@H]([C@H](C)CC(C)F)[C@@]3(C)[C@@H](OC)C[C@@H]12. The molecule has 0 saturated heterocycles. The molecule has 0 amide bonds. The van der Waals surface area contributed by atoms with E-state index in [2.05, 4.69) is 20.8 Å². The molecule has 0 aliphatic heterocycles. The van der Waals surface area contributed by atoms with Crippen molar-refractivity contribution in [1.82, 2.24) is 0 Å². The lowest BCUT2D eigenvalue weighted by molar-refractivity contribution is -0.218. The largest absolute Gasteiger partial charge is 0.381 e. The van der Waals surface area contributed by atoms with Gasteiger partial charge in [0.05, 0.1) is 24.5 Å². The maximum absolute atomic E-state index is 14.0. The first-order chi connectivity index (χ1) is 14.7. The third-order valence-corrected chi connectivity index (χ3v) is 11.1. The van der Waals surface area contributed by atoms with Crippen molar-refractivity contribution >= 4 is 0 Å². The van der Waals surface area contributed by atoms with E-state index in [4.69, 9.17) is 14.2 Å². The average molecular weight is 439 g/mol. The molecule has 4 heteroatoms. The molecule has 4 aliphatic rings. The summed E-state index contributed by atoms with van der Waals surface area (Å²) < 4.78 is 32.3. The summed E-state index contributed by atoms with van der Waals surface area (Å²) in [5.41, 5.74) is 0.470. The molecule has 0 aromatic heterocycles. The van der Waals surface area contributed by atoms with Crippen molar-refractivity contribution in [2.45, 2.75) is 104 Å². The zero-order chi connectivity index (χ0) is 22.6. The third kappa shape index (κ3) is 3.71. The summed E-state index contributed by atoms with van der Waals surface area (Å²) in [4.78, 5) is 0. The van der Waals surface area contributed by atoms with Gasteiger partial charge in [-0.2, -0.15) is 0 Å². The van der Waals surface area contributed by atoms with Gasteiger partial charge in [0.15, 0.2) is 0 Å². The summed E-state index contributed by atoms with van der Waals surface area (Å²) >= 11 is 0. The molecule has 0 radical (unpaired) electrons. The summed E-state index contributed by atoms with van der Waals surface area (Å²) in [5, 5.41) is 0.